The summed E-state index contributed by atoms with van der Waals surface area (Å²) in [6.07, 6.45) is 5.22. The molecule has 2 fully saturated rings. The van der Waals surface area contributed by atoms with E-state index in [1.165, 1.54) is 0 Å². The maximum absolute atomic E-state index is 13.2. The third-order valence-electron chi connectivity index (χ3n) is 6.09. The number of hydrogen-bond donors (Lipinski definition) is 2. The standard InChI is InChI=1S/C21H30N6O2S/c1-15-18(5-6-22-15)19(28)24-17-4-3-16(13-25(2)14-17)20(29)26-8-10-27(11-9-26)21-23-7-12-30-21/h5-7,12,16-17,22H,3-4,8-11,13-14H2,1-2H3,(H,24,28)/t16-,17+/m1/s1. The molecule has 0 bridgehead atoms. The summed E-state index contributed by atoms with van der Waals surface area (Å²) in [5, 5.41) is 6.18. The van der Waals surface area contributed by atoms with Crippen LogP contribution in [-0.2, 0) is 4.79 Å². The van der Waals surface area contributed by atoms with Crippen molar-refractivity contribution in [3.8, 4) is 0 Å². The van der Waals surface area contributed by atoms with Crippen LogP contribution in [0.1, 0.15) is 28.9 Å². The lowest BCUT2D eigenvalue weighted by molar-refractivity contribution is -0.136. The fraction of sp³-hybridized carbons (Fsp3) is 0.571. The first-order valence-corrected chi connectivity index (χ1v) is 11.5. The van der Waals surface area contributed by atoms with Crippen molar-refractivity contribution in [2.24, 2.45) is 5.92 Å². The Morgan fingerprint density at radius 1 is 1.20 bits per heavy atom. The first-order chi connectivity index (χ1) is 14.5. The molecule has 2 aromatic heterocycles. The highest BCUT2D eigenvalue weighted by Gasteiger charge is 2.32. The van der Waals surface area contributed by atoms with E-state index < -0.39 is 0 Å². The maximum Gasteiger partial charge on any atom is 0.253 e. The van der Waals surface area contributed by atoms with E-state index in [2.05, 4.69) is 25.1 Å². The molecule has 8 nitrogen and oxygen atoms in total. The number of piperazine rings is 1. The first kappa shape index (κ1) is 20.9. The molecule has 0 spiro atoms. The fourth-order valence-corrected chi connectivity index (χ4v) is 5.14. The van der Waals surface area contributed by atoms with Crippen LogP contribution in [0.2, 0.25) is 0 Å². The Hall–Kier alpha value is -2.39. The van der Waals surface area contributed by atoms with Crippen LogP contribution in [0.15, 0.2) is 23.8 Å². The summed E-state index contributed by atoms with van der Waals surface area (Å²) in [5.41, 5.74) is 1.56. The molecule has 0 aromatic carbocycles. The Balaban J connectivity index is 1.31. The SMILES string of the molecule is Cc1[nH]ccc1C(=O)N[C@H]1CC[C@@H](C(=O)N2CCN(c3nccs3)CC2)CN(C)C1. The van der Waals surface area contributed by atoms with Gasteiger partial charge in [-0.05, 0) is 32.9 Å². The van der Waals surface area contributed by atoms with Crippen LogP contribution < -0.4 is 10.2 Å². The number of likely N-dealkylation sites (tertiary alicyclic amines) is 1. The summed E-state index contributed by atoms with van der Waals surface area (Å²) in [5.74, 6) is 0.182. The molecule has 2 N–H and O–H groups in total. The molecule has 2 aromatic rings. The first-order valence-electron chi connectivity index (χ1n) is 10.6. The third-order valence-corrected chi connectivity index (χ3v) is 6.92. The second-order valence-corrected chi connectivity index (χ2v) is 9.18. The van der Waals surface area contributed by atoms with Crippen LogP contribution in [0.3, 0.4) is 0 Å². The van der Waals surface area contributed by atoms with E-state index in [0.29, 0.717) is 5.56 Å². The summed E-state index contributed by atoms with van der Waals surface area (Å²) in [7, 11) is 2.03. The molecule has 0 unspecified atom stereocenters. The zero-order chi connectivity index (χ0) is 21.1. The van der Waals surface area contributed by atoms with Gasteiger partial charge in [0.2, 0.25) is 5.91 Å². The van der Waals surface area contributed by atoms with Crippen molar-refractivity contribution in [1.29, 1.82) is 0 Å². The van der Waals surface area contributed by atoms with Gasteiger partial charge in [0.1, 0.15) is 0 Å². The van der Waals surface area contributed by atoms with Crippen LogP contribution in [0, 0.1) is 12.8 Å². The van der Waals surface area contributed by atoms with Gasteiger partial charge in [0.15, 0.2) is 5.13 Å². The Morgan fingerprint density at radius 2 is 2.00 bits per heavy atom. The monoisotopic (exact) mass is 430 g/mol. The number of carbonyl (C=O) groups is 2. The van der Waals surface area contributed by atoms with Gasteiger partial charge >= 0.3 is 0 Å². The van der Waals surface area contributed by atoms with Gasteiger partial charge in [-0.3, -0.25) is 9.59 Å². The minimum atomic E-state index is -0.0461. The van der Waals surface area contributed by atoms with E-state index in [1.807, 2.05) is 36.5 Å². The lowest BCUT2D eigenvalue weighted by Crippen LogP contribution is -2.51. The number of aryl methyl sites for hydroxylation is 1. The molecule has 30 heavy (non-hydrogen) atoms. The van der Waals surface area contributed by atoms with E-state index in [-0.39, 0.29) is 23.8 Å². The summed E-state index contributed by atoms with van der Waals surface area (Å²) in [4.78, 5) is 39.6. The van der Waals surface area contributed by atoms with E-state index in [1.54, 1.807) is 17.5 Å². The van der Waals surface area contributed by atoms with Crippen molar-refractivity contribution in [1.82, 2.24) is 25.1 Å². The van der Waals surface area contributed by atoms with Crippen LogP contribution in [0.25, 0.3) is 0 Å². The van der Waals surface area contributed by atoms with Crippen molar-refractivity contribution >= 4 is 28.3 Å². The number of anilines is 1. The number of nitrogens with zero attached hydrogens (tertiary/aromatic N) is 4. The number of H-pyrrole nitrogens is 1. The van der Waals surface area contributed by atoms with Crippen molar-refractivity contribution in [3.05, 3.63) is 35.1 Å². The molecule has 0 radical (unpaired) electrons. The summed E-state index contributed by atoms with van der Waals surface area (Å²) in [6.45, 7) is 6.54. The molecule has 2 amide bonds. The number of hydrogen-bond acceptors (Lipinski definition) is 6. The molecule has 9 heteroatoms. The number of amides is 2. The maximum atomic E-state index is 13.2. The number of rotatable bonds is 4. The van der Waals surface area contributed by atoms with Crippen LogP contribution in [0.4, 0.5) is 5.13 Å². The molecule has 2 aliphatic rings. The van der Waals surface area contributed by atoms with Crippen molar-refractivity contribution in [3.63, 3.8) is 0 Å². The minimum Gasteiger partial charge on any atom is -0.365 e. The third kappa shape index (κ3) is 4.67. The highest BCUT2D eigenvalue weighted by atomic mass is 32.1. The number of nitrogens with one attached hydrogen (secondary N) is 2. The number of likely N-dealkylation sites (N-methyl/N-ethyl adjacent to an activating group) is 1. The van der Waals surface area contributed by atoms with E-state index in [9.17, 15) is 9.59 Å². The molecule has 0 saturated carbocycles. The predicted molar refractivity (Wildman–Crippen MR) is 118 cm³/mol. The smallest absolute Gasteiger partial charge is 0.253 e. The summed E-state index contributed by atoms with van der Waals surface area (Å²) < 4.78 is 0. The lowest BCUT2D eigenvalue weighted by atomic mass is 9.99. The van der Waals surface area contributed by atoms with E-state index in [4.69, 9.17) is 0 Å². The van der Waals surface area contributed by atoms with Gasteiger partial charge in [-0.15, -0.1) is 11.3 Å². The molecule has 2 saturated heterocycles. The number of aromatic nitrogens is 2. The van der Waals surface area contributed by atoms with Crippen molar-refractivity contribution in [2.45, 2.75) is 25.8 Å². The molecular weight excluding hydrogens is 400 g/mol. The molecule has 4 heterocycles. The van der Waals surface area contributed by atoms with Crippen molar-refractivity contribution < 1.29 is 9.59 Å². The van der Waals surface area contributed by atoms with Gasteiger partial charge in [0.05, 0.1) is 11.5 Å². The number of carbonyl (C=O) groups excluding carboxylic acids is 2. The molecule has 0 aliphatic carbocycles. The highest BCUT2D eigenvalue weighted by molar-refractivity contribution is 7.13. The van der Waals surface area contributed by atoms with Crippen LogP contribution >= 0.6 is 11.3 Å². The Bertz CT molecular complexity index is 859. The van der Waals surface area contributed by atoms with Gasteiger partial charge in [0.25, 0.3) is 5.91 Å². The Morgan fingerprint density at radius 3 is 2.67 bits per heavy atom. The van der Waals surface area contributed by atoms with Crippen LogP contribution in [0.5, 0.6) is 0 Å². The second kappa shape index (κ2) is 9.18. The molecule has 162 valence electrons. The molecule has 2 aliphatic heterocycles. The zero-order valence-electron chi connectivity index (χ0n) is 17.6. The Kier molecular flexibility index (Phi) is 6.38. The topological polar surface area (TPSA) is 84.6 Å². The molecule has 4 rings (SSSR count). The minimum absolute atomic E-state index is 0.0164. The van der Waals surface area contributed by atoms with E-state index >= 15 is 0 Å². The predicted octanol–water partition coefficient (Wildman–Crippen LogP) is 1.57. The normalized spacial score (nSPS) is 23.3. The van der Waals surface area contributed by atoms with Gasteiger partial charge in [-0.2, -0.15) is 0 Å². The van der Waals surface area contributed by atoms with Gasteiger partial charge in [0, 0.05) is 68.8 Å². The van der Waals surface area contributed by atoms with Gasteiger partial charge in [-0.25, -0.2) is 4.98 Å². The van der Waals surface area contributed by atoms with Gasteiger partial charge in [-0.1, -0.05) is 0 Å². The average molecular weight is 431 g/mol. The lowest BCUT2D eigenvalue weighted by Gasteiger charge is -2.36. The molecular formula is C21H30N6O2S. The molecule has 2 atom stereocenters. The van der Waals surface area contributed by atoms with Gasteiger partial charge < -0.3 is 25.0 Å². The second-order valence-electron chi connectivity index (χ2n) is 8.31. The fourth-order valence-electron chi connectivity index (χ4n) is 4.44. The number of thiazole rings is 1. The Labute approximate surface area is 181 Å². The van der Waals surface area contributed by atoms with Crippen molar-refractivity contribution in [2.75, 3.05) is 51.2 Å². The highest BCUT2D eigenvalue weighted by Crippen LogP contribution is 2.22. The zero-order valence-corrected chi connectivity index (χ0v) is 18.5. The largest absolute Gasteiger partial charge is 0.365 e. The van der Waals surface area contributed by atoms with E-state index in [0.717, 1.165) is 62.9 Å². The quantitative estimate of drug-likeness (QED) is 0.769. The summed E-state index contributed by atoms with van der Waals surface area (Å²) in [6, 6.07) is 1.86. The summed E-state index contributed by atoms with van der Waals surface area (Å²) >= 11 is 1.64. The van der Waals surface area contributed by atoms with Crippen LogP contribution in [-0.4, -0.2) is 83.9 Å². The number of aromatic amines is 1. The average Bonchev–Trinajstić information content (AvgIpc) is 3.38.